The van der Waals surface area contributed by atoms with Crippen LogP contribution in [0.4, 0.5) is 0 Å². The normalized spacial score (nSPS) is 11.8. The van der Waals surface area contributed by atoms with Crippen LogP contribution in [0.3, 0.4) is 0 Å². The Balaban J connectivity index is 2.57. The molecule has 0 fully saturated rings. The molecule has 0 aliphatic carbocycles. The quantitative estimate of drug-likeness (QED) is 0.707. The zero-order valence-electron chi connectivity index (χ0n) is 8.65. The van der Waals surface area contributed by atoms with E-state index in [9.17, 15) is 5.26 Å². The molecule has 0 spiro atoms. The van der Waals surface area contributed by atoms with Crippen molar-refractivity contribution in [3.63, 3.8) is 0 Å². The largest absolute Gasteiger partial charge is 0.192 e. The van der Waals surface area contributed by atoms with Gasteiger partial charge in [0.05, 0.1) is 20.5 Å². The highest BCUT2D eigenvalue weighted by Gasteiger charge is 2.13. The minimum atomic E-state index is 0.402. The Morgan fingerprint density at radius 3 is 2.41 bits per heavy atom. The van der Waals surface area contributed by atoms with E-state index in [2.05, 4.69) is 6.07 Å². The summed E-state index contributed by atoms with van der Waals surface area (Å²) < 4.78 is 0. The van der Waals surface area contributed by atoms with Crippen molar-refractivity contribution in [2.45, 2.75) is 0 Å². The second-order valence-electron chi connectivity index (χ2n) is 3.26. The smallest absolute Gasteiger partial charge is 0.101 e. The molecule has 1 nitrogen and oxygen atoms in total. The number of hydrogen-bond acceptors (Lipinski definition) is 2. The molecule has 1 aromatic carbocycles. The van der Waals surface area contributed by atoms with Gasteiger partial charge in [0.1, 0.15) is 6.07 Å². The molecule has 0 radical (unpaired) electrons. The van der Waals surface area contributed by atoms with Crippen molar-refractivity contribution in [2.24, 2.45) is 0 Å². The lowest BCUT2D eigenvalue weighted by molar-refractivity contribution is 1.52. The molecular weight excluding hydrogens is 273 g/mol. The second kappa shape index (κ2) is 5.37. The van der Waals surface area contributed by atoms with Gasteiger partial charge in [-0.2, -0.15) is 5.26 Å². The maximum atomic E-state index is 9.21. The highest BCUT2D eigenvalue weighted by molar-refractivity contribution is 7.12. The first-order chi connectivity index (χ1) is 8.24. The van der Waals surface area contributed by atoms with E-state index < -0.39 is 0 Å². The summed E-state index contributed by atoms with van der Waals surface area (Å²) in [5.41, 5.74) is 1.24. The third-order valence-corrected chi connectivity index (χ3v) is 4.06. The van der Waals surface area contributed by atoms with Crippen molar-refractivity contribution in [1.82, 2.24) is 0 Å². The first kappa shape index (κ1) is 12.2. The number of rotatable bonds is 2. The Kier molecular flexibility index (Phi) is 3.86. The number of thiophene rings is 1. The predicted molar refractivity (Wildman–Crippen MR) is 74.1 cm³/mol. The molecule has 0 atom stereocenters. The fourth-order valence-corrected chi connectivity index (χ4v) is 2.94. The average Bonchev–Trinajstić information content (AvgIpc) is 2.77. The summed E-state index contributed by atoms with van der Waals surface area (Å²) in [6.07, 6.45) is 0. The van der Waals surface area contributed by atoms with E-state index in [-0.39, 0.29) is 0 Å². The lowest BCUT2D eigenvalue weighted by Crippen LogP contribution is -1.84. The third kappa shape index (κ3) is 2.53. The molecule has 0 aliphatic rings. The summed E-state index contributed by atoms with van der Waals surface area (Å²) in [5.74, 6) is 0. The van der Waals surface area contributed by atoms with Gasteiger partial charge in [0.15, 0.2) is 0 Å². The van der Waals surface area contributed by atoms with Crippen molar-refractivity contribution in [3.8, 4) is 6.07 Å². The standard InChI is InChI=1S/C13H7Cl2NS/c14-11-6-7-17-13(11)12(15)10(8-16)9-4-2-1-3-5-9/h1-7H/b12-10-. The Morgan fingerprint density at radius 2 is 1.88 bits per heavy atom. The molecule has 0 unspecified atom stereocenters. The molecule has 0 bridgehead atoms. The zero-order chi connectivity index (χ0) is 12.3. The number of nitrogens with zero attached hydrogens (tertiary/aromatic N) is 1. The van der Waals surface area contributed by atoms with Crippen LogP contribution in [0.25, 0.3) is 10.6 Å². The summed E-state index contributed by atoms with van der Waals surface area (Å²) in [6, 6.07) is 13.2. The highest BCUT2D eigenvalue weighted by atomic mass is 35.5. The first-order valence-electron chi connectivity index (χ1n) is 4.82. The van der Waals surface area contributed by atoms with Gasteiger partial charge in [-0.3, -0.25) is 0 Å². The van der Waals surface area contributed by atoms with E-state index in [4.69, 9.17) is 23.2 Å². The van der Waals surface area contributed by atoms with Crippen LogP contribution < -0.4 is 0 Å². The molecule has 4 heteroatoms. The first-order valence-corrected chi connectivity index (χ1v) is 6.46. The van der Waals surface area contributed by atoms with Gasteiger partial charge in [0, 0.05) is 0 Å². The van der Waals surface area contributed by atoms with Gasteiger partial charge in [-0.1, -0.05) is 53.5 Å². The summed E-state index contributed by atoms with van der Waals surface area (Å²) in [7, 11) is 0. The fraction of sp³-hybridized carbons (Fsp3) is 0. The molecule has 2 rings (SSSR count). The summed E-state index contributed by atoms with van der Waals surface area (Å²) in [4.78, 5) is 0.730. The number of benzene rings is 1. The minimum Gasteiger partial charge on any atom is -0.192 e. The summed E-state index contributed by atoms with van der Waals surface area (Å²) >= 11 is 13.7. The molecule has 0 aliphatic heterocycles. The van der Waals surface area contributed by atoms with Crippen molar-refractivity contribution in [3.05, 3.63) is 57.2 Å². The number of nitriles is 1. The Labute approximate surface area is 114 Å². The predicted octanol–water partition coefficient (Wildman–Crippen LogP) is 5.03. The lowest BCUT2D eigenvalue weighted by atomic mass is 10.1. The average molecular weight is 280 g/mol. The number of hydrogen-bond donors (Lipinski definition) is 0. The van der Waals surface area contributed by atoms with E-state index in [1.165, 1.54) is 11.3 Å². The lowest BCUT2D eigenvalue weighted by Gasteiger charge is -2.02. The van der Waals surface area contributed by atoms with E-state index in [1.54, 1.807) is 6.07 Å². The molecule has 0 saturated carbocycles. The molecule has 0 amide bonds. The minimum absolute atomic E-state index is 0.402. The van der Waals surface area contributed by atoms with E-state index in [1.807, 2.05) is 35.7 Å². The summed E-state index contributed by atoms with van der Waals surface area (Å²) in [6.45, 7) is 0. The maximum absolute atomic E-state index is 9.21. The molecule has 2 aromatic rings. The van der Waals surface area contributed by atoms with Crippen molar-refractivity contribution in [1.29, 1.82) is 5.26 Å². The van der Waals surface area contributed by atoms with Gasteiger partial charge in [0.2, 0.25) is 0 Å². The van der Waals surface area contributed by atoms with Gasteiger partial charge >= 0.3 is 0 Å². The Bertz CT molecular complexity index is 593. The fourth-order valence-electron chi connectivity index (χ4n) is 1.41. The van der Waals surface area contributed by atoms with Crippen LogP contribution in [-0.2, 0) is 0 Å². The maximum Gasteiger partial charge on any atom is 0.101 e. The van der Waals surface area contributed by atoms with Gasteiger partial charge in [-0.15, -0.1) is 11.3 Å². The number of halogens is 2. The zero-order valence-corrected chi connectivity index (χ0v) is 11.0. The Hall–Kier alpha value is -1.27. The van der Waals surface area contributed by atoms with Crippen molar-refractivity contribution >= 4 is 45.1 Å². The highest BCUT2D eigenvalue weighted by Crippen LogP contribution is 2.36. The molecule has 0 saturated heterocycles. The van der Waals surface area contributed by atoms with Crippen LogP contribution in [0.15, 0.2) is 41.8 Å². The van der Waals surface area contributed by atoms with Crippen LogP contribution >= 0.6 is 34.5 Å². The molecule has 1 aromatic heterocycles. The van der Waals surface area contributed by atoms with E-state index >= 15 is 0 Å². The van der Waals surface area contributed by atoms with E-state index in [0.717, 1.165) is 10.4 Å². The van der Waals surface area contributed by atoms with Crippen molar-refractivity contribution < 1.29 is 0 Å². The van der Waals surface area contributed by atoms with Crippen molar-refractivity contribution in [2.75, 3.05) is 0 Å². The van der Waals surface area contributed by atoms with Gasteiger partial charge in [-0.05, 0) is 17.0 Å². The molecule has 1 heterocycles. The van der Waals surface area contributed by atoms with Gasteiger partial charge in [0.25, 0.3) is 0 Å². The Morgan fingerprint density at radius 1 is 1.18 bits per heavy atom. The second-order valence-corrected chi connectivity index (χ2v) is 4.97. The molecular formula is C13H7Cl2NS. The van der Waals surface area contributed by atoms with Crippen LogP contribution in [0, 0.1) is 11.3 Å². The van der Waals surface area contributed by atoms with Crippen LogP contribution in [0.5, 0.6) is 0 Å². The summed E-state index contributed by atoms with van der Waals surface area (Å²) in [5, 5.41) is 12.0. The topological polar surface area (TPSA) is 23.8 Å². The number of allylic oxidation sites excluding steroid dienone is 1. The SMILES string of the molecule is N#C/C(=C(/Cl)c1sccc1Cl)c1ccccc1. The van der Waals surface area contributed by atoms with Crippen LogP contribution in [-0.4, -0.2) is 0 Å². The molecule has 84 valence electrons. The molecule has 0 N–H and O–H groups in total. The van der Waals surface area contributed by atoms with Crippen LogP contribution in [0.2, 0.25) is 5.02 Å². The van der Waals surface area contributed by atoms with Crippen LogP contribution in [0.1, 0.15) is 10.4 Å². The van der Waals surface area contributed by atoms with E-state index in [0.29, 0.717) is 15.6 Å². The monoisotopic (exact) mass is 279 g/mol. The molecule has 17 heavy (non-hydrogen) atoms. The van der Waals surface area contributed by atoms with Gasteiger partial charge in [-0.25, -0.2) is 0 Å². The van der Waals surface area contributed by atoms with Gasteiger partial charge < -0.3 is 0 Å². The third-order valence-electron chi connectivity index (χ3n) is 2.21.